The zero-order valence-electron chi connectivity index (χ0n) is 6.27. The van der Waals surface area contributed by atoms with Crippen LogP contribution in [0.25, 0.3) is 0 Å². The lowest BCUT2D eigenvalue weighted by molar-refractivity contribution is 0.283. The number of aliphatic hydroxyl groups excluding tert-OH is 1. The third kappa shape index (κ3) is 8.02. The first kappa shape index (κ1) is 9.02. The van der Waals surface area contributed by atoms with Crippen molar-refractivity contribution in [1.82, 2.24) is 0 Å². The van der Waals surface area contributed by atoms with Gasteiger partial charge in [0, 0.05) is 6.61 Å². The highest BCUT2D eigenvalue weighted by Crippen LogP contribution is 2.01. The summed E-state index contributed by atoms with van der Waals surface area (Å²) in [6.07, 6.45) is 5.95. The molecule has 9 heavy (non-hydrogen) atoms. The molecular formula is C7H16BO. The van der Waals surface area contributed by atoms with Gasteiger partial charge >= 0.3 is 0 Å². The second kappa shape index (κ2) is 8.02. The van der Waals surface area contributed by atoms with Crippen molar-refractivity contribution in [2.24, 2.45) is 0 Å². The summed E-state index contributed by atoms with van der Waals surface area (Å²) in [6.45, 7) is 2.45. The average Bonchev–Trinajstić information content (AvgIpc) is 1.89. The lowest BCUT2D eigenvalue weighted by Gasteiger charge is -1.95. The minimum atomic E-state index is 0.357. The normalized spacial score (nSPS) is 9.56. The molecule has 0 saturated carbocycles. The van der Waals surface area contributed by atoms with E-state index in [9.17, 15) is 0 Å². The minimum Gasteiger partial charge on any atom is -0.396 e. The van der Waals surface area contributed by atoms with Gasteiger partial charge in [-0.2, -0.15) is 0 Å². The molecule has 0 saturated heterocycles. The molecule has 0 aliphatic carbocycles. The first-order valence-corrected chi connectivity index (χ1v) is 3.80. The van der Waals surface area contributed by atoms with Gasteiger partial charge in [-0.05, 0) is 6.42 Å². The first-order valence-electron chi connectivity index (χ1n) is 3.80. The molecule has 0 heterocycles. The van der Waals surface area contributed by atoms with Gasteiger partial charge in [0.2, 0.25) is 0 Å². The molecular weight excluding hydrogens is 111 g/mol. The van der Waals surface area contributed by atoms with Crippen LogP contribution in [0.1, 0.15) is 25.7 Å². The van der Waals surface area contributed by atoms with Crippen molar-refractivity contribution >= 4 is 7.28 Å². The van der Waals surface area contributed by atoms with Crippen molar-refractivity contribution in [3.05, 3.63) is 0 Å². The summed E-state index contributed by atoms with van der Waals surface area (Å²) in [4.78, 5) is 0. The van der Waals surface area contributed by atoms with Gasteiger partial charge in [-0.1, -0.05) is 32.4 Å². The van der Waals surface area contributed by atoms with E-state index in [1.807, 2.05) is 0 Å². The van der Waals surface area contributed by atoms with Crippen molar-refractivity contribution in [2.45, 2.75) is 38.8 Å². The van der Waals surface area contributed by atoms with E-state index in [1.54, 1.807) is 0 Å². The molecule has 1 nitrogen and oxygen atoms in total. The largest absolute Gasteiger partial charge is 0.396 e. The minimum absolute atomic E-state index is 0.357. The quantitative estimate of drug-likeness (QED) is 0.425. The number of hydrogen-bond acceptors (Lipinski definition) is 1. The number of hydrogen-bond donors (Lipinski definition) is 1. The van der Waals surface area contributed by atoms with Gasteiger partial charge in [0.25, 0.3) is 0 Å². The molecule has 0 atom stereocenters. The molecule has 1 radical (unpaired) electrons. The van der Waals surface area contributed by atoms with Gasteiger partial charge in [0.05, 0.1) is 0 Å². The fourth-order valence-corrected chi connectivity index (χ4v) is 0.814. The van der Waals surface area contributed by atoms with E-state index in [0.29, 0.717) is 6.61 Å². The van der Waals surface area contributed by atoms with Crippen molar-refractivity contribution in [2.75, 3.05) is 6.61 Å². The molecule has 0 aromatic heterocycles. The molecule has 0 unspecified atom stereocenters. The monoisotopic (exact) mass is 127 g/mol. The van der Waals surface area contributed by atoms with Gasteiger partial charge in [-0.15, -0.1) is 0 Å². The van der Waals surface area contributed by atoms with Crippen LogP contribution in [0.3, 0.4) is 0 Å². The lowest BCUT2D eigenvalue weighted by Crippen LogP contribution is -1.85. The molecule has 0 aromatic rings. The predicted molar refractivity (Wildman–Crippen MR) is 42.0 cm³/mol. The SMILES string of the molecule is C[B]CCCCCCO. The average molecular weight is 127 g/mol. The Hall–Kier alpha value is 0.0249. The maximum atomic E-state index is 8.41. The second-order valence-electron chi connectivity index (χ2n) is 2.33. The topological polar surface area (TPSA) is 20.2 Å². The molecule has 0 spiro atoms. The van der Waals surface area contributed by atoms with E-state index < -0.39 is 0 Å². The Bertz CT molecular complexity index is 42.2. The molecule has 0 aliphatic rings. The van der Waals surface area contributed by atoms with Gasteiger partial charge in [0.15, 0.2) is 0 Å². The standard InChI is InChI=1S/C7H16BO/c1-8-6-4-2-3-5-7-9/h9H,2-7H2,1H3. The summed E-state index contributed by atoms with van der Waals surface area (Å²) >= 11 is 0. The molecule has 1 N–H and O–H groups in total. The molecule has 0 rings (SSSR count). The number of unbranched alkanes of at least 4 members (excludes halogenated alkanes) is 3. The fourth-order valence-electron chi connectivity index (χ4n) is 0.814. The smallest absolute Gasteiger partial charge is 0.105 e. The van der Waals surface area contributed by atoms with Crippen LogP contribution in [0.4, 0.5) is 0 Å². The number of rotatable bonds is 6. The Balaban J connectivity index is 2.60. The fraction of sp³-hybridized carbons (Fsp3) is 1.00. The van der Waals surface area contributed by atoms with Crippen LogP contribution in [-0.4, -0.2) is 19.0 Å². The van der Waals surface area contributed by atoms with Crippen LogP contribution in [0, 0.1) is 0 Å². The van der Waals surface area contributed by atoms with Gasteiger partial charge in [-0.25, -0.2) is 0 Å². The molecule has 0 bridgehead atoms. The summed E-state index contributed by atoms with van der Waals surface area (Å²) in [5, 5.41) is 8.41. The lowest BCUT2D eigenvalue weighted by atomic mass is 9.76. The molecule has 0 aromatic carbocycles. The first-order chi connectivity index (χ1) is 4.41. The van der Waals surface area contributed by atoms with Crippen LogP contribution in [-0.2, 0) is 0 Å². The zero-order chi connectivity index (χ0) is 6.95. The van der Waals surface area contributed by atoms with Gasteiger partial charge in [-0.3, -0.25) is 0 Å². The Morgan fingerprint density at radius 2 is 1.78 bits per heavy atom. The Labute approximate surface area is 58.7 Å². The molecule has 2 heteroatoms. The van der Waals surface area contributed by atoms with Crippen LogP contribution in [0.5, 0.6) is 0 Å². The molecule has 0 amide bonds. The van der Waals surface area contributed by atoms with Crippen molar-refractivity contribution in [1.29, 1.82) is 0 Å². The summed E-state index contributed by atoms with van der Waals surface area (Å²) in [5.41, 5.74) is 0. The maximum absolute atomic E-state index is 8.41. The summed E-state index contributed by atoms with van der Waals surface area (Å²) < 4.78 is 0. The third-order valence-corrected chi connectivity index (χ3v) is 1.40. The van der Waals surface area contributed by atoms with E-state index >= 15 is 0 Å². The molecule has 53 valence electrons. The predicted octanol–water partition coefficient (Wildman–Crippen LogP) is 1.71. The van der Waals surface area contributed by atoms with E-state index in [1.165, 1.54) is 25.6 Å². The van der Waals surface area contributed by atoms with Gasteiger partial charge in [0.1, 0.15) is 7.28 Å². The summed E-state index contributed by atoms with van der Waals surface area (Å²) in [5.74, 6) is 0. The third-order valence-electron chi connectivity index (χ3n) is 1.40. The Kier molecular flexibility index (Phi) is 8.05. The Morgan fingerprint density at radius 1 is 1.11 bits per heavy atom. The van der Waals surface area contributed by atoms with E-state index in [2.05, 4.69) is 14.1 Å². The van der Waals surface area contributed by atoms with E-state index in [0.717, 1.165) is 6.42 Å². The number of aliphatic hydroxyl groups is 1. The highest BCUT2D eigenvalue weighted by atomic mass is 16.2. The Morgan fingerprint density at radius 3 is 2.33 bits per heavy atom. The van der Waals surface area contributed by atoms with Crippen LogP contribution < -0.4 is 0 Å². The zero-order valence-corrected chi connectivity index (χ0v) is 6.27. The van der Waals surface area contributed by atoms with E-state index in [4.69, 9.17) is 5.11 Å². The highest BCUT2D eigenvalue weighted by molar-refractivity contribution is 6.33. The molecule has 0 fully saturated rings. The van der Waals surface area contributed by atoms with Crippen molar-refractivity contribution in [3.63, 3.8) is 0 Å². The van der Waals surface area contributed by atoms with Crippen LogP contribution >= 0.6 is 0 Å². The maximum Gasteiger partial charge on any atom is 0.105 e. The van der Waals surface area contributed by atoms with Crippen molar-refractivity contribution < 1.29 is 5.11 Å². The van der Waals surface area contributed by atoms with Gasteiger partial charge < -0.3 is 5.11 Å². The highest BCUT2D eigenvalue weighted by Gasteiger charge is 1.87. The van der Waals surface area contributed by atoms with Crippen LogP contribution in [0.15, 0.2) is 0 Å². The van der Waals surface area contributed by atoms with Crippen molar-refractivity contribution in [3.8, 4) is 0 Å². The van der Waals surface area contributed by atoms with E-state index in [-0.39, 0.29) is 0 Å². The second-order valence-corrected chi connectivity index (χ2v) is 2.33. The molecule has 0 aliphatic heterocycles. The summed E-state index contributed by atoms with van der Waals surface area (Å²) in [6, 6.07) is 0. The summed E-state index contributed by atoms with van der Waals surface area (Å²) in [7, 11) is 2.19. The van der Waals surface area contributed by atoms with Crippen LogP contribution in [0.2, 0.25) is 13.1 Å².